The number of nitro benzene ring substituents is 1. The van der Waals surface area contributed by atoms with Crippen molar-refractivity contribution in [2.24, 2.45) is 0 Å². The summed E-state index contributed by atoms with van der Waals surface area (Å²) in [5.74, 6) is 1.72. The minimum atomic E-state index is -0.890. The van der Waals surface area contributed by atoms with Crippen LogP contribution in [0.2, 0.25) is 5.02 Å². The fourth-order valence-corrected chi connectivity index (χ4v) is 5.85. The number of amides is 1. The summed E-state index contributed by atoms with van der Waals surface area (Å²) < 4.78 is 17.1. The number of nitro groups is 1. The Balaban J connectivity index is 1.15. The fourth-order valence-electron chi connectivity index (χ4n) is 5.72. The molecule has 47 heavy (non-hydrogen) atoms. The first-order chi connectivity index (χ1) is 22.9. The van der Waals surface area contributed by atoms with Crippen LogP contribution < -0.4 is 24.8 Å². The van der Waals surface area contributed by atoms with Crippen LogP contribution in [-0.2, 0) is 14.3 Å². The van der Waals surface area contributed by atoms with Gasteiger partial charge in [-0.05, 0) is 54.1 Å². The first-order valence-corrected chi connectivity index (χ1v) is 15.6. The number of nitrogens with zero attached hydrogens (tertiary/aromatic N) is 7. The number of β-lactam (4-membered cyclic amide) rings is 1. The average Bonchev–Trinajstić information content (AvgIpc) is 3.11. The number of morpholine rings is 2. The first kappa shape index (κ1) is 30.6. The highest BCUT2D eigenvalue weighted by molar-refractivity contribution is 6.30. The van der Waals surface area contributed by atoms with Crippen LogP contribution in [0.4, 0.5) is 34.9 Å². The number of hydrogen-bond acceptors (Lipinski definition) is 12. The highest BCUT2D eigenvalue weighted by Gasteiger charge is 2.51. The lowest BCUT2D eigenvalue weighted by atomic mass is 9.89. The summed E-state index contributed by atoms with van der Waals surface area (Å²) in [6.45, 7) is 5.11. The van der Waals surface area contributed by atoms with E-state index in [1.807, 2.05) is 12.1 Å². The molecule has 0 aliphatic carbocycles. The molecule has 3 aliphatic rings. The molecule has 2 atom stereocenters. The Bertz CT molecular complexity index is 1710. The molecular weight excluding hydrogens is 628 g/mol. The van der Waals surface area contributed by atoms with E-state index in [0.717, 1.165) is 0 Å². The maximum atomic E-state index is 13.6. The zero-order valence-corrected chi connectivity index (χ0v) is 26.0. The summed E-state index contributed by atoms with van der Waals surface area (Å²) >= 11 is 6.03. The van der Waals surface area contributed by atoms with E-state index >= 15 is 0 Å². The number of halogens is 1. The molecule has 3 aliphatic heterocycles. The Labute approximate surface area is 275 Å². The lowest BCUT2D eigenvalue weighted by Gasteiger charge is -2.46. The molecule has 0 bridgehead atoms. The maximum Gasteiger partial charge on any atom is 0.271 e. The molecule has 1 aromatic heterocycles. The van der Waals surface area contributed by atoms with Crippen LogP contribution in [0, 0.1) is 10.1 Å². The molecular formula is C32H31ClN8O6. The van der Waals surface area contributed by atoms with Gasteiger partial charge in [-0.3, -0.25) is 19.8 Å². The zero-order valence-electron chi connectivity index (χ0n) is 25.2. The zero-order chi connectivity index (χ0) is 32.3. The van der Waals surface area contributed by atoms with Crippen LogP contribution >= 0.6 is 11.6 Å². The van der Waals surface area contributed by atoms with Crippen molar-refractivity contribution in [1.82, 2.24) is 15.0 Å². The Morgan fingerprint density at radius 2 is 1.47 bits per heavy atom. The number of nitrogens with one attached hydrogen (secondary N) is 1. The van der Waals surface area contributed by atoms with E-state index in [4.69, 9.17) is 40.8 Å². The van der Waals surface area contributed by atoms with Crippen molar-refractivity contribution in [1.29, 1.82) is 0 Å². The van der Waals surface area contributed by atoms with Crippen LogP contribution in [0.25, 0.3) is 0 Å². The molecule has 15 heteroatoms. The van der Waals surface area contributed by atoms with Gasteiger partial charge in [0.1, 0.15) is 11.8 Å². The van der Waals surface area contributed by atoms with E-state index in [9.17, 15) is 14.9 Å². The second-order valence-corrected chi connectivity index (χ2v) is 11.6. The van der Waals surface area contributed by atoms with E-state index in [1.54, 1.807) is 53.4 Å². The fraction of sp³-hybridized carbons (Fsp3) is 0.312. The van der Waals surface area contributed by atoms with Gasteiger partial charge in [0.05, 0.1) is 31.4 Å². The van der Waals surface area contributed by atoms with Crippen molar-refractivity contribution in [2.45, 2.75) is 12.1 Å². The van der Waals surface area contributed by atoms with Gasteiger partial charge in [0, 0.05) is 54.7 Å². The van der Waals surface area contributed by atoms with Gasteiger partial charge in [0.15, 0.2) is 0 Å². The quantitative estimate of drug-likeness (QED) is 0.154. The smallest absolute Gasteiger partial charge is 0.271 e. The first-order valence-electron chi connectivity index (χ1n) is 15.2. The molecule has 4 heterocycles. The summed E-state index contributed by atoms with van der Waals surface area (Å²) in [7, 11) is 0. The standard InChI is InChI=1S/C32H31ClN8O6/c33-22-4-10-26(11-5-22)47-28-27(21-2-1-3-25(20-21)41(43)44)40(29(28)42)24-8-6-23(7-9-24)34-30-35-31(38-12-16-45-17-13-38)37-32(36-30)39-14-18-46-19-15-39/h1-11,20,27-28H,12-19H2,(H,34,35,36,37)/t27-,28+/m1/s1. The van der Waals surface area contributed by atoms with Crippen molar-refractivity contribution in [2.75, 3.05) is 72.6 Å². The van der Waals surface area contributed by atoms with Crippen molar-refractivity contribution in [3.05, 3.63) is 93.5 Å². The van der Waals surface area contributed by atoms with Crippen LogP contribution in [0.3, 0.4) is 0 Å². The maximum absolute atomic E-state index is 13.6. The molecule has 242 valence electrons. The number of aromatic nitrogens is 3. The number of ether oxygens (including phenoxy) is 3. The number of non-ortho nitro benzene ring substituents is 1. The molecule has 0 unspecified atom stereocenters. The number of rotatable bonds is 9. The Kier molecular flexibility index (Phi) is 8.70. The number of carbonyl (C=O) groups excluding carboxylic acids is 1. The topological polar surface area (TPSA) is 148 Å². The largest absolute Gasteiger partial charge is 0.478 e. The van der Waals surface area contributed by atoms with Crippen molar-refractivity contribution in [3.8, 4) is 5.75 Å². The molecule has 0 radical (unpaired) electrons. The second-order valence-electron chi connectivity index (χ2n) is 11.1. The molecule has 14 nitrogen and oxygen atoms in total. The monoisotopic (exact) mass is 658 g/mol. The van der Waals surface area contributed by atoms with Crippen molar-refractivity contribution >= 4 is 52.4 Å². The summed E-state index contributed by atoms with van der Waals surface area (Å²) in [5.41, 5.74) is 1.81. The molecule has 1 amide bonds. The molecule has 3 fully saturated rings. The van der Waals surface area contributed by atoms with E-state index in [2.05, 4.69) is 15.1 Å². The lowest BCUT2D eigenvalue weighted by Crippen LogP contribution is -2.61. The summed E-state index contributed by atoms with van der Waals surface area (Å²) in [4.78, 5) is 44.6. The van der Waals surface area contributed by atoms with Crippen molar-refractivity contribution in [3.63, 3.8) is 0 Å². The molecule has 0 saturated carbocycles. The predicted octanol–water partition coefficient (Wildman–Crippen LogP) is 4.39. The summed E-state index contributed by atoms with van der Waals surface area (Å²) in [5, 5.41) is 15.4. The number of benzene rings is 3. The third-order valence-corrected chi connectivity index (χ3v) is 8.40. The van der Waals surface area contributed by atoms with E-state index in [-0.39, 0.29) is 11.6 Å². The second kappa shape index (κ2) is 13.4. The number of carbonyl (C=O) groups is 1. The Hall–Kier alpha value is -5.05. The highest BCUT2D eigenvalue weighted by atomic mass is 35.5. The normalized spacial score (nSPS) is 19.7. The van der Waals surface area contributed by atoms with E-state index < -0.39 is 17.1 Å². The predicted molar refractivity (Wildman–Crippen MR) is 175 cm³/mol. The van der Waals surface area contributed by atoms with Crippen LogP contribution in [-0.4, -0.2) is 84.5 Å². The Morgan fingerprint density at radius 3 is 2.06 bits per heavy atom. The van der Waals surface area contributed by atoms with Crippen LogP contribution in [0.1, 0.15) is 11.6 Å². The molecule has 3 aromatic carbocycles. The number of anilines is 5. The van der Waals surface area contributed by atoms with Gasteiger partial charge in [-0.1, -0.05) is 23.7 Å². The molecule has 3 saturated heterocycles. The molecule has 0 spiro atoms. The van der Waals surface area contributed by atoms with Gasteiger partial charge in [0.2, 0.25) is 23.9 Å². The SMILES string of the molecule is O=C1[C@@H](Oc2ccc(Cl)cc2)[C@@H](c2cccc([N+](=O)[O-])c2)N1c1ccc(Nc2nc(N3CCOCC3)nc(N3CCOCC3)n2)cc1. The van der Waals surface area contributed by atoms with Gasteiger partial charge in [0.25, 0.3) is 11.6 Å². The van der Waals surface area contributed by atoms with Gasteiger partial charge in [-0.25, -0.2) is 0 Å². The highest BCUT2D eigenvalue weighted by Crippen LogP contribution is 2.42. The van der Waals surface area contributed by atoms with Crippen LogP contribution in [0.5, 0.6) is 5.75 Å². The van der Waals surface area contributed by atoms with Gasteiger partial charge in [-0.15, -0.1) is 0 Å². The number of hydrogen-bond donors (Lipinski definition) is 1. The Morgan fingerprint density at radius 1 is 0.851 bits per heavy atom. The third kappa shape index (κ3) is 6.61. The average molecular weight is 659 g/mol. The molecule has 1 N–H and O–H groups in total. The van der Waals surface area contributed by atoms with Crippen molar-refractivity contribution < 1.29 is 23.9 Å². The minimum Gasteiger partial charge on any atom is -0.478 e. The lowest BCUT2D eigenvalue weighted by molar-refractivity contribution is -0.384. The molecule has 7 rings (SSSR count). The summed E-state index contributed by atoms with van der Waals surface area (Å²) in [6, 6.07) is 19.6. The van der Waals surface area contributed by atoms with E-state index in [0.29, 0.717) is 98.2 Å². The van der Waals surface area contributed by atoms with Crippen LogP contribution in [0.15, 0.2) is 72.8 Å². The third-order valence-electron chi connectivity index (χ3n) is 8.15. The van der Waals surface area contributed by atoms with Gasteiger partial charge in [-0.2, -0.15) is 15.0 Å². The van der Waals surface area contributed by atoms with Gasteiger partial charge >= 0.3 is 0 Å². The minimum absolute atomic E-state index is 0.0724. The van der Waals surface area contributed by atoms with Gasteiger partial charge < -0.3 is 29.3 Å². The summed E-state index contributed by atoms with van der Waals surface area (Å²) in [6.07, 6.45) is -0.890. The van der Waals surface area contributed by atoms with E-state index in [1.165, 1.54) is 12.1 Å². The molecule has 4 aromatic rings.